The SMILES string of the molecule is Cc1cc(OC2CC(CC3CCN(C(=O)[C@](O)(c4cccc(C(F)(F)F)c4)C(F)(F)F)CC3)C2)ccc1C(=O)N(C)C. The first-order valence-electron chi connectivity index (χ1n) is 13.8. The van der Waals surface area contributed by atoms with Crippen LogP contribution in [0.25, 0.3) is 0 Å². The van der Waals surface area contributed by atoms with Crippen molar-refractivity contribution in [1.29, 1.82) is 0 Å². The van der Waals surface area contributed by atoms with Crippen LogP contribution < -0.4 is 4.74 Å². The number of hydrogen-bond donors (Lipinski definition) is 1. The summed E-state index contributed by atoms with van der Waals surface area (Å²) >= 11 is 0. The van der Waals surface area contributed by atoms with Crippen LogP contribution in [0.15, 0.2) is 42.5 Å². The zero-order valence-corrected chi connectivity index (χ0v) is 23.6. The molecule has 1 N–H and O–H groups in total. The van der Waals surface area contributed by atoms with Crippen molar-refractivity contribution < 1.29 is 45.8 Å². The fourth-order valence-electron chi connectivity index (χ4n) is 5.75. The van der Waals surface area contributed by atoms with E-state index in [9.17, 15) is 41.0 Å². The molecule has 6 nitrogen and oxygen atoms in total. The molecule has 0 unspecified atom stereocenters. The zero-order valence-electron chi connectivity index (χ0n) is 23.6. The Bertz CT molecular complexity index is 1300. The summed E-state index contributed by atoms with van der Waals surface area (Å²) in [5.41, 5.74) is -5.22. The van der Waals surface area contributed by atoms with Crippen LogP contribution in [0.3, 0.4) is 0 Å². The van der Waals surface area contributed by atoms with Crippen molar-refractivity contribution in [3.63, 3.8) is 0 Å². The van der Waals surface area contributed by atoms with Crippen molar-refractivity contribution >= 4 is 11.8 Å². The van der Waals surface area contributed by atoms with E-state index in [1.807, 2.05) is 13.0 Å². The molecule has 42 heavy (non-hydrogen) atoms. The molecule has 1 heterocycles. The summed E-state index contributed by atoms with van der Waals surface area (Å²) in [6.07, 6.45) is -7.18. The molecular formula is C30H34F6N2O4. The van der Waals surface area contributed by atoms with Gasteiger partial charge in [-0.1, -0.05) is 12.1 Å². The highest BCUT2D eigenvalue weighted by Crippen LogP contribution is 2.44. The number of rotatable bonds is 7. The van der Waals surface area contributed by atoms with E-state index in [2.05, 4.69) is 0 Å². The van der Waals surface area contributed by atoms with Gasteiger partial charge in [0.2, 0.25) is 0 Å². The molecule has 1 aliphatic carbocycles. The minimum atomic E-state index is -5.52. The number of piperidine rings is 1. The predicted octanol–water partition coefficient (Wildman–Crippen LogP) is 5.95. The lowest BCUT2D eigenvalue weighted by molar-refractivity contribution is -0.262. The highest BCUT2D eigenvalue weighted by molar-refractivity contribution is 5.95. The van der Waals surface area contributed by atoms with E-state index in [0.717, 1.165) is 35.8 Å². The fourth-order valence-corrected chi connectivity index (χ4v) is 5.75. The van der Waals surface area contributed by atoms with E-state index in [1.165, 1.54) is 4.90 Å². The van der Waals surface area contributed by atoms with Gasteiger partial charge in [0.15, 0.2) is 0 Å². The van der Waals surface area contributed by atoms with E-state index in [1.54, 1.807) is 26.2 Å². The number of carbonyl (C=O) groups is 2. The average Bonchev–Trinajstić information content (AvgIpc) is 2.90. The minimum absolute atomic E-state index is 0.0146. The molecule has 0 aromatic heterocycles. The average molecular weight is 601 g/mol. The Morgan fingerprint density at radius 3 is 2.12 bits per heavy atom. The highest BCUT2D eigenvalue weighted by atomic mass is 19.4. The number of benzene rings is 2. The maximum atomic E-state index is 14.0. The maximum absolute atomic E-state index is 14.0. The van der Waals surface area contributed by atoms with Gasteiger partial charge < -0.3 is 19.6 Å². The number of amides is 2. The molecule has 1 atom stereocenters. The van der Waals surface area contributed by atoms with Crippen LogP contribution >= 0.6 is 0 Å². The lowest BCUT2D eigenvalue weighted by Crippen LogP contribution is -2.57. The van der Waals surface area contributed by atoms with Gasteiger partial charge in [-0.25, -0.2) is 0 Å². The van der Waals surface area contributed by atoms with E-state index in [-0.39, 0.29) is 37.1 Å². The third-order valence-corrected chi connectivity index (χ3v) is 8.23. The number of likely N-dealkylation sites (tertiary alicyclic amines) is 1. The van der Waals surface area contributed by atoms with Crippen molar-refractivity contribution in [3.8, 4) is 5.75 Å². The first-order valence-corrected chi connectivity index (χ1v) is 13.8. The molecule has 1 saturated heterocycles. The molecular weight excluding hydrogens is 566 g/mol. The third kappa shape index (κ3) is 6.53. The van der Waals surface area contributed by atoms with Crippen LogP contribution in [0.5, 0.6) is 5.75 Å². The van der Waals surface area contributed by atoms with Crippen LogP contribution in [0.4, 0.5) is 26.3 Å². The van der Waals surface area contributed by atoms with Gasteiger partial charge in [-0.2, -0.15) is 26.3 Å². The quantitative estimate of drug-likeness (QED) is 0.399. The van der Waals surface area contributed by atoms with Crippen LogP contribution in [-0.4, -0.2) is 66.2 Å². The second-order valence-electron chi connectivity index (χ2n) is 11.5. The number of halogens is 6. The number of hydrogen-bond acceptors (Lipinski definition) is 4. The summed E-state index contributed by atoms with van der Waals surface area (Å²) in [7, 11) is 3.37. The number of alkyl halides is 6. The molecule has 2 aliphatic rings. The van der Waals surface area contributed by atoms with Crippen molar-refractivity contribution in [2.45, 2.75) is 63.1 Å². The zero-order chi connectivity index (χ0) is 31.0. The summed E-state index contributed by atoms with van der Waals surface area (Å²) in [5.74, 6) is -0.565. The van der Waals surface area contributed by atoms with Crippen LogP contribution in [0.1, 0.15) is 59.2 Å². The predicted molar refractivity (Wildman–Crippen MR) is 142 cm³/mol. The van der Waals surface area contributed by atoms with Crippen LogP contribution in [0.2, 0.25) is 0 Å². The number of aliphatic hydroxyl groups is 1. The first kappa shape index (κ1) is 31.7. The molecule has 2 aromatic rings. The van der Waals surface area contributed by atoms with E-state index < -0.39 is 35.0 Å². The third-order valence-electron chi connectivity index (χ3n) is 8.23. The highest BCUT2D eigenvalue weighted by Gasteiger charge is 2.62. The Morgan fingerprint density at radius 1 is 0.952 bits per heavy atom. The van der Waals surface area contributed by atoms with E-state index >= 15 is 0 Å². The molecule has 2 aromatic carbocycles. The van der Waals surface area contributed by atoms with Crippen LogP contribution in [0, 0.1) is 18.8 Å². The molecule has 0 radical (unpaired) electrons. The van der Waals surface area contributed by atoms with Crippen molar-refractivity contribution in [3.05, 3.63) is 64.7 Å². The van der Waals surface area contributed by atoms with E-state index in [4.69, 9.17) is 4.74 Å². The lowest BCUT2D eigenvalue weighted by atomic mass is 9.74. The number of ether oxygens (including phenoxy) is 1. The van der Waals surface area contributed by atoms with Gasteiger partial charge in [0, 0.05) is 38.3 Å². The number of nitrogens with zero attached hydrogens (tertiary/aromatic N) is 2. The molecule has 1 saturated carbocycles. The normalized spacial score (nSPS) is 21.3. The van der Waals surface area contributed by atoms with Gasteiger partial charge in [0.05, 0.1) is 11.7 Å². The molecule has 1 aliphatic heterocycles. The lowest BCUT2D eigenvalue weighted by Gasteiger charge is -2.41. The molecule has 0 spiro atoms. The topological polar surface area (TPSA) is 70.1 Å². The van der Waals surface area contributed by atoms with Gasteiger partial charge in [-0.3, -0.25) is 9.59 Å². The number of carbonyl (C=O) groups excluding carboxylic acids is 2. The Labute approximate surface area is 240 Å². The molecule has 2 amide bonds. The van der Waals surface area contributed by atoms with Crippen molar-refractivity contribution in [2.75, 3.05) is 27.2 Å². The Hall–Kier alpha value is -3.28. The molecule has 12 heteroatoms. The number of aryl methyl sites for hydroxylation is 1. The summed E-state index contributed by atoms with van der Waals surface area (Å²) in [4.78, 5) is 27.6. The standard InChI is InChI=1S/C30H34F6N2O4/c1-18-13-23(7-8-25(18)26(39)37(2)3)42-24-15-20(16-24)14-19-9-11-38(12-10-19)27(40)28(41,30(34,35)36)21-5-4-6-22(17-21)29(31,32)33/h4-8,13,17,19-20,24,41H,9-12,14-16H2,1-3H3/t20?,24?,28-/m1/s1. The summed E-state index contributed by atoms with van der Waals surface area (Å²) in [5, 5.41) is 10.6. The monoisotopic (exact) mass is 600 g/mol. The molecule has 4 rings (SSSR count). The molecule has 230 valence electrons. The summed E-state index contributed by atoms with van der Waals surface area (Å²) in [6.45, 7) is 1.77. The van der Waals surface area contributed by atoms with Gasteiger partial charge >= 0.3 is 12.4 Å². The summed E-state index contributed by atoms with van der Waals surface area (Å²) < 4.78 is 87.5. The smallest absolute Gasteiger partial charge is 0.430 e. The van der Waals surface area contributed by atoms with Crippen molar-refractivity contribution in [2.24, 2.45) is 11.8 Å². The van der Waals surface area contributed by atoms with Gasteiger partial charge in [0.1, 0.15) is 5.75 Å². The first-order chi connectivity index (χ1) is 19.5. The van der Waals surface area contributed by atoms with Crippen molar-refractivity contribution in [1.82, 2.24) is 9.80 Å². The molecule has 2 fully saturated rings. The molecule has 0 bridgehead atoms. The second kappa shape index (κ2) is 11.8. The van der Waals surface area contributed by atoms with Gasteiger partial charge in [-0.05, 0) is 86.8 Å². The maximum Gasteiger partial charge on any atom is 0.430 e. The van der Waals surface area contributed by atoms with Gasteiger partial charge in [0.25, 0.3) is 17.4 Å². The Balaban J connectivity index is 1.30. The largest absolute Gasteiger partial charge is 0.490 e. The van der Waals surface area contributed by atoms with E-state index in [0.29, 0.717) is 42.2 Å². The van der Waals surface area contributed by atoms with Crippen LogP contribution in [-0.2, 0) is 16.6 Å². The fraction of sp³-hybridized carbons (Fsp3) is 0.533. The Morgan fingerprint density at radius 2 is 1.57 bits per heavy atom. The summed E-state index contributed by atoms with van der Waals surface area (Å²) in [6, 6.07) is 7.52. The second-order valence-corrected chi connectivity index (χ2v) is 11.5. The Kier molecular flexibility index (Phi) is 8.87. The van der Waals surface area contributed by atoms with Gasteiger partial charge in [-0.15, -0.1) is 0 Å². The minimum Gasteiger partial charge on any atom is -0.490 e.